The van der Waals surface area contributed by atoms with Crippen LogP contribution in [0.1, 0.15) is 38.8 Å². The molecule has 1 heterocycles. The highest BCUT2D eigenvalue weighted by Gasteiger charge is 2.41. The summed E-state index contributed by atoms with van der Waals surface area (Å²) in [5.74, 6) is 0. The van der Waals surface area contributed by atoms with E-state index in [1.54, 1.807) is 16.8 Å². The van der Waals surface area contributed by atoms with Crippen LogP contribution in [0.4, 0.5) is 0 Å². The van der Waals surface area contributed by atoms with Crippen LogP contribution < -0.4 is 4.72 Å². The second kappa shape index (κ2) is 4.68. The molecule has 0 unspecified atom stereocenters. The highest BCUT2D eigenvalue weighted by Crippen LogP contribution is 2.36. The summed E-state index contributed by atoms with van der Waals surface area (Å²) in [7, 11) is -3.47. The van der Waals surface area contributed by atoms with Gasteiger partial charge in [-0.1, -0.05) is 6.92 Å². The minimum atomic E-state index is -3.47. The summed E-state index contributed by atoms with van der Waals surface area (Å²) in [5.41, 5.74) is 0.364. The molecule has 2 rings (SSSR count). The largest absolute Gasteiger partial charge is 0.390 e. The molecule has 1 aliphatic rings. The minimum absolute atomic E-state index is 0.146. The van der Waals surface area contributed by atoms with Gasteiger partial charge in [0.2, 0.25) is 10.0 Å². The number of aromatic nitrogens is 1. The smallest absolute Gasteiger partial charge is 0.242 e. The Morgan fingerprint density at radius 2 is 2.17 bits per heavy atom. The molecule has 1 saturated carbocycles. The molecule has 1 aromatic rings. The average molecular weight is 272 g/mol. The van der Waals surface area contributed by atoms with Gasteiger partial charge in [-0.05, 0) is 32.3 Å². The summed E-state index contributed by atoms with van der Waals surface area (Å²) in [6.07, 6.45) is 4.26. The zero-order valence-electron chi connectivity index (χ0n) is 10.8. The number of aliphatic hydroxyl groups excluding tert-OH is 1. The fourth-order valence-electron chi connectivity index (χ4n) is 1.93. The minimum Gasteiger partial charge on any atom is -0.390 e. The van der Waals surface area contributed by atoms with E-state index in [9.17, 15) is 13.5 Å². The molecule has 1 aromatic heterocycles. The van der Waals surface area contributed by atoms with Gasteiger partial charge < -0.3 is 9.67 Å². The first-order chi connectivity index (χ1) is 8.40. The first-order valence-electron chi connectivity index (χ1n) is 6.24. The van der Waals surface area contributed by atoms with Gasteiger partial charge >= 0.3 is 0 Å². The van der Waals surface area contributed by atoms with E-state index in [0.717, 1.165) is 19.3 Å². The van der Waals surface area contributed by atoms with Crippen LogP contribution in [0.25, 0.3) is 0 Å². The van der Waals surface area contributed by atoms with Crippen molar-refractivity contribution in [1.82, 2.24) is 9.29 Å². The van der Waals surface area contributed by atoms with Gasteiger partial charge in [0.25, 0.3) is 0 Å². The van der Waals surface area contributed by atoms with Crippen molar-refractivity contribution in [2.75, 3.05) is 0 Å². The molecule has 0 atom stereocenters. The van der Waals surface area contributed by atoms with Crippen LogP contribution in [0, 0.1) is 0 Å². The van der Waals surface area contributed by atoms with E-state index in [2.05, 4.69) is 4.72 Å². The standard InChI is InChI=1S/C12H20N2O3S/c1-3-6-14-8-11(7-10(14)9-15)18(16,17)13-12(2)4-5-12/h7-8,13,15H,3-6,9H2,1-2H3. The zero-order chi connectivity index (χ0) is 13.4. The molecule has 0 amide bonds. The van der Waals surface area contributed by atoms with Gasteiger partial charge in [-0.25, -0.2) is 13.1 Å². The van der Waals surface area contributed by atoms with Gasteiger partial charge in [0.05, 0.1) is 11.5 Å². The van der Waals surface area contributed by atoms with Crippen molar-refractivity contribution in [3.05, 3.63) is 18.0 Å². The maximum Gasteiger partial charge on any atom is 0.242 e. The molecule has 0 aromatic carbocycles. The average Bonchev–Trinajstić information content (AvgIpc) is 2.86. The fourth-order valence-corrected chi connectivity index (χ4v) is 3.45. The Hall–Kier alpha value is -0.850. The van der Waals surface area contributed by atoms with Crippen molar-refractivity contribution in [1.29, 1.82) is 0 Å². The summed E-state index contributed by atoms with van der Waals surface area (Å²) in [4.78, 5) is 0.244. The highest BCUT2D eigenvalue weighted by atomic mass is 32.2. The van der Waals surface area contributed by atoms with Crippen molar-refractivity contribution in [2.45, 2.75) is 56.7 Å². The van der Waals surface area contributed by atoms with Gasteiger partial charge in [0, 0.05) is 24.0 Å². The molecule has 18 heavy (non-hydrogen) atoms. The number of aliphatic hydroxyl groups is 1. The van der Waals surface area contributed by atoms with Gasteiger partial charge in [0.15, 0.2) is 0 Å². The maximum atomic E-state index is 12.2. The summed E-state index contributed by atoms with van der Waals surface area (Å²) in [6.45, 7) is 4.48. The summed E-state index contributed by atoms with van der Waals surface area (Å²) >= 11 is 0. The van der Waals surface area contributed by atoms with E-state index in [1.165, 1.54) is 0 Å². The van der Waals surface area contributed by atoms with Gasteiger partial charge in [-0.2, -0.15) is 0 Å². The highest BCUT2D eigenvalue weighted by molar-refractivity contribution is 7.89. The van der Waals surface area contributed by atoms with Crippen LogP contribution >= 0.6 is 0 Å². The molecule has 0 radical (unpaired) electrons. The zero-order valence-corrected chi connectivity index (χ0v) is 11.6. The Labute approximate surface area is 108 Å². The van der Waals surface area contributed by atoms with E-state index < -0.39 is 10.0 Å². The van der Waals surface area contributed by atoms with Crippen LogP contribution in [0.2, 0.25) is 0 Å². The van der Waals surface area contributed by atoms with Gasteiger partial charge in [-0.15, -0.1) is 0 Å². The van der Waals surface area contributed by atoms with E-state index in [1.807, 2.05) is 13.8 Å². The number of rotatable bonds is 6. The van der Waals surface area contributed by atoms with Crippen molar-refractivity contribution in [3.63, 3.8) is 0 Å². The Morgan fingerprint density at radius 1 is 1.50 bits per heavy atom. The second-order valence-electron chi connectivity index (χ2n) is 5.18. The molecule has 5 nitrogen and oxygen atoms in total. The number of hydrogen-bond donors (Lipinski definition) is 2. The normalized spacial score (nSPS) is 17.9. The quantitative estimate of drug-likeness (QED) is 0.818. The maximum absolute atomic E-state index is 12.2. The van der Waals surface area contributed by atoms with E-state index in [0.29, 0.717) is 12.2 Å². The SMILES string of the molecule is CCCn1cc(S(=O)(=O)NC2(C)CC2)cc1CO. The van der Waals surface area contributed by atoms with Crippen LogP contribution in [0.5, 0.6) is 0 Å². The van der Waals surface area contributed by atoms with Crippen LogP contribution in [-0.2, 0) is 23.2 Å². The number of sulfonamides is 1. The molecule has 102 valence electrons. The number of hydrogen-bond acceptors (Lipinski definition) is 3. The van der Waals surface area contributed by atoms with Crippen LogP contribution in [-0.4, -0.2) is 23.6 Å². The van der Waals surface area contributed by atoms with Crippen LogP contribution in [0.3, 0.4) is 0 Å². The third kappa shape index (κ3) is 2.76. The Balaban J connectivity index is 2.27. The monoisotopic (exact) mass is 272 g/mol. The summed E-state index contributed by atoms with van der Waals surface area (Å²) in [5, 5.41) is 9.23. The molecule has 2 N–H and O–H groups in total. The Bertz CT molecular complexity index is 530. The molecule has 0 aliphatic heterocycles. The molecular weight excluding hydrogens is 252 g/mol. The first kappa shape index (κ1) is 13.6. The molecule has 0 bridgehead atoms. The van der Waals surface area contributed by atoms with Gasteiger partial charge in [0.1, 0.15) is 0 Å². The fraction of sp³-hybridized carbons (Fsp3) is 0.667. The summed E-state index contributed by atoms with van der Waals surface area (Å²) in [6, 6.07) is 1.55. The molecule has 1 fully saturated rings. The van der Waals surface area contributed by atoms with Crippen molar-refractivity contribution >= 4 is 10.0 Å². The second-order valence-corrected chi connectivity index (χ2v) is 6.87. The lowest BCUT2D eigenvalue weighted by Gasteiger charge is -2.10. The number of nitrogens with zero attached hydrogens (tertiary/aromatic N) is 1. The molecule has 0 saturated heterocycles. The van der Waals surface area contributed by atoms with Crippen LogP contribution in [0.15, 0.2) is 17.2 Å². The third-order valence-electron chi connectivity index (χ3n) is 3.28. The van der Waals surface area contributed by atoms with E-state index >= 15 is 0 Å². The third-order valence-corrected chi connectivity index (χ3v) is 4.88. The molecular formula is C12H20N2O3S. The predicted octanol–water partition coefficient (Wildman–Crippen LogP) is 1.22. The first-order valence-corrected chi connectivity index (χ1v) is 7.72. The number of nitrogens with one attached hydrogen (secondary N) is 1. The van der Waals surface area contributed by atoms with Crippen molar-refractivity contribution < 1.29 is 13.5 Å². The lowest BCUT2D eigenvalue weighted by atomic mass is 10.4. The lowest BCUT2D eigenvalue weighted by Crippen LogP contribution is -2.34. The molecule has 1 aliphatic carbocycles. The lowest BCUT2D eigenvalue weighted by molar-refractivity contribution is 0.270. The Morgan fingerprint density at radius 3 is 2.67 bits per heavy atom. The van der Waals surface area contributed by atoms with E-state index in [-0.39, 0.29) is 17.0 Å². The molecule has 6 heteroatoms. The number of aryl methyl sites for hydroxylation is 1. The van der Waals surface area contributed by atoms with Gasteiger partial charge in [-0.3, -0.25) is 0 Å². The summed E-state index contributed by atoms with van der Waals surface area (Å²) < 4.78 is 28.8. The topological polar surface area (TPSA) is 71.3 Å². The molecule has 0 spiro atoms. The van der Waals surface area contributed by atoms with E-state index in [4.69, 9.17) is 0 Å². The Kier molecular flexibility index (Phi) is 3.53. The van der Waals surface area contributed by atoms with Crippen molar-refractivity contribution in [3.8, 4) is 0 Å². The van der Waals surface area contributed by atoms with Crippen molar-refractivity contribution in [2.24, 2.45) is 0 Å². The predicted molar refractivity (Wildman–Crippen MR) is 68.6 cm³/mol.